The van der Waals surface area contributed by atoms with Crippen molar-refractivity contribution in [2.24, 2.45) is 0 Å². The first-order chi connectivity index (χ1) is 1.41. The minimum Gasteiger partial charge on any atom is -1.00 e. The predicted octanol–water partition coefficient (Wildman–Crippen LogP) is -0.457. The molecule has 5 heavy (non-hydrogen) atoms. The van der Waals surface area contributed by atoms with Crippen molar-refractivity contribution in [2.75, 3.05) is 0 Å². The van der Waals surface area contributed by atoms with Crippen molar-refractivity contribution in [1.82, 2.24) is 0 Å². The van der Waals surface area contributed by atoms with Gasteiger partial charge in [-0.05, 0) is 0 Å². The summed E-state index contributed by atoms with van der Waals surface area (Å²) in [5.74, 6) is 0. The zero-order valence-electron chi connectivity index (χ0n) is 4.85. The van der Waals surface area contributed by atoms with Gasteiger partial charge in [-0.1, -0.05) is 0 Å². The van der Waals surface area contributed by atoms with Crippen molar-refractivity contribution in [3.63, 3.8) is 0 Å². The molecule has 0 fully saturated rings. The summed E-state index contributed by atoms with van der Waals surface area (Å²) >= 11 is 0. The summed E-state index contributed by atoms with van der Waals surface area (Å²) in [7, 11) is 0. The molecular weight excluding hydrogens is 247 g/mol. The second-order valence-electron chi connectivity index (χ2n) is 0.105. The second-order valence-corrected chi connectivity index (χ2v) is 0.105. The minimum absolute atomic E-state index is 0. The summed E-state index contributed by atoms with van der Waals surface area (Å²) in [6.45, 7) is -0.250. The third kappa shape index (κ3) is 27.5. The molecule has 1 N–H and O–H groups in total. The molecular formula is CH4BaO2Zn. The first-order valence-corrected chi connectivity index (χ1v) is 0.494. The van der Waals surface area contributed by atoms with E-state index in [1.807, 2.05) is 0 Å². The maximum absolute atomic E-state index is 8.36. The van der Waals surface area contributed by atoms with Crippen molar-refractivity contribution in [1.29, 1.82) is 0 Å². The van der Waals surface area contributed by atoms with Gasteiger partial charge < -0.3 is 7.96 Å². The van der Waals surface area contributed by atoms with E-state index in [0.29, 0.717) is 0 Å². The maximum Gasteiger partial charge on any atom is 2.00 e. The molecule has 0 spiro atoms. The van der Waals surface area contributed by atoms with Crippen molar-refractivity contribution in [3.05, 3.63) is 0 Å². The Kier molecular flexibility index (Phi) is 55.3. The first kappa shape index (κ1) is 15.9. The average molecular weight is 251 g/mol. The van der Waals surface area contributed by atoms with Crippen molar-refractivity contribution >= 4 is 55.4 Å². The second kappa shape index (κ2) is 17.4. The third-order valence-corrected chi connectivity index (χ3v) is 0. The molecule has 0 aliphatic heterocycles. The molecule has 0 aromatic rings. The van der Waals surface area contributed by atoms with Crippen molar-refractivity contribution < 1.29 is 32.2 Å². The molecule has 24 valence electrons. The molecule has 0 unspecified atom stereocenters. The molecule has 0 aromatic carbocycles. The Labute approximate surface area is 86.1 Å². The molecule has 0 aliphatic carbocycles. The SMILES string of the molecule is O=CO.[Ba+2].[H-].[H-].[Zn]. The maximum atomic E-state index is 8.36. The van der Waals surface area contributed by atoms with Crippen molar-refractivity contribution in [2.45, 2.75) is 0 Å². The number of hydrogen-bond acceptors (Lipinski definition) is 1. The summed E-state index contributed by atoms with van der Waals surface area (Å²) < 4.78 is 0. The topological polar surface area (TPSA) is 37.3 Å². The zero-order valence-corrected chi connectivity index (χ0v) is 10.3. The quantitative estimate of drug-likeness (QED) is 0.467. The fourth-order valence-corrected chi connectivity index (χ4v) is 0. The van der Waals surface area contributed by atoms with Crippen LogP contribution in [0, 0.1) is 0 Å². The van der Waals surface area contributed by atoms with Gasteiger partial charge in [-0.15, -0.1) is 0 Å². The summed E-state index contributed by atoms with van der Waals surface area (Å²) in [5.41, 5.74) is 0. The third-order valence-electron chi connectivity index (χ3n) is 0. The van der Waals surface area contributed by atoms with Crippen LogP contribution >= 0.6 is 0 Å². The molecule has 0 aromatic heterocycles. The number of rotatable bonds is 0. The summed E-state index contributed by atoms with van der Waals surface area (Å²) in [5, 5.41) is 6.89. The van der Waals surface area contributed by atoms with E-state index in [2.05, 4.69) is 0 Å². The standard InChI is InChI=1S/CH2O2.Ba.Zn.2H/c2-1-3;;;;/h1H,(H,2,3);;;;/q;+2;;2*-1. The van der Waals surface area contributed by atoms with Crippen LogP contribution in [0.3, 0.4) is 0 Å². The molecule has 0 aliphatic rings. The van der Waals surface area contributed by atoms with Gasteiger partial charge in [0.2, 0.25) is 0 Å². The molecule has 0 radical (unpaired) electrons. The van der Waals surface area contributed by atoms with E-state index in [1.54, 1.807) is 0 Å². The molecule has 0 atom stereocenters. The summed E-state index contributed by atoms with van der Waals surface area (Å²) in [6, 6.07) is 0. The Morgan fingerprint density at radius 1 is 1.80 bits per heavy atom. The van der Waals surface area contributed by atoms with Crippen molar-refractivity contribution in [3.8, 4) is 0 Å². The Bertz CT molecular complexity index is 23.2. The van der Waals surface area contributed by atoms with Gasteiger partial charge in [-0.25, -0.2) is 0 Å². The normalized spacial score (nSPS) is 2.40. The summed E-state index contributed by atoms with van der Waals surface area (Å²) in [4.78, 5) is 8.36. The Morgan fingerprint density at radius 2 is 1.80 bits per heavy atom. The van der Waals surface area contributed by atoms with Gasteiger partial charge in [-0.2, -0.15) is 0 Å². The van der Waals surface area contributed by atoms with Crippen LogP contribution in [0.25, 0.3) is 0 Å². The van der Waals surface area contributed by atoms with Gasteiger partial charge in [0.1, 0.15) is 0 Å². The fourth-order valence-electron chi connectivity index (χ4n) is 0. The molecule has 0 saturated carbocycles. The molecule has 0 heterocycles. The molecule has 0 amide bonds. The Hall–Kier alpha value is 1.66. The monoisotopic (exact) mass is 250 g/mol. The van der Waals surface area contributed by atoms with Gasteiger partial charge in [0.15, 0.2) is 0 Å². The van der Waals surface area contributed by atoms with E-state index in [0.717, 1.165) is 0 Å². The van der Waals surface area contributed by atoms with Gasteiger partial charge in [-0.3, -0.25) is 4.79 Å². The predicted molar refractivity (Wildman–Crippen MR) is 16.7 cm³/mol. The zero-order chi connectivity index (χ0) is 2.71. The van der Waals surface area contributed by atoms with Gasteiger partial charge in [0.25, 0.3) is 6.47 Å². The van der Waals surface area contributed by atoms with Crippen LogP contribution in [0.15, 0.2) is 0 Å². The largest absolute Gasteiger partial charge is 2.00 e. The first-order valence-electron chi connectivity index (χ1n) is 0.494. The van der Waals surface area contributed by atoms with Crippen LogP contribution in [0.5, 0.6) is 0 Å². The smallest absolute Gasteiger partial charge is 1.00 e. The average Bonchev–Trinajstić information content (AvgIpc) is 0.918. The fraction of sp³-hybridized carbons (Fsp3) is 0. The van der Waals surface area contributed by atoms with Crippen LogP contribution in [0.1, 0.15) is 2.85 Å². The van der Waals surface area contributed by atoms with Crippen LogP contribution in [0.2, 0.25) is 0 Å². The van der Waals surface area contributed by atoms with E-state index in [4.69, 9.17) is 9.90 Å². The van der Waals surface area contributed by atoms with Crippen LogP contribution in [-0.2, 0) is 24.3 Å². The summed E-state index contributed by atoms with van der Waals surface area (Å²) in [6.07, 6.45) is 0. The number of hydrogen-bond donors (Lipinski definition) is 1. The molecule has 2 nitrogen and oxygen atoms in total. The van der Waals surface area contributed by atoms with E-state index in [9.17, 15) is 0 Å². The number of carbonyl (C=O) groups is 1. The van der Waals surface area contributed by atoms with E-state index < -0.39 is 0 Å². The van der Waals surface area contributed by atoms with Crippen LogP contribution in [0.4, 0.5) is 0 Å². The Morgan fingerprint density at radius 3 is 1.80 bits per heavy atom. The minimum atomic E-state index is -0.250. The van der Waals surface area contributed by atoms with E-state index in [1.165, 1.54) is 0 Å². The molecule has 0 rings (SSSR count). The van der Waals surface area contributed by atoms with Crippen LogP contribution < -0.4 is 0 Å². The van der Waals surface area contributed by atoms with Gasteiger partial charge in [0.05, 0.1) is 0 Å². The Balaban J connectivity index is -0.00000000333. The molecule has 0 saturated heterocycles. The van der Waals surface area contributed by atoms with E-state index >= 15 is 0 Å². The van der Waals surface area contributed by atoms with E-state index in [-0.39, 0.29) is 77.7 Å². The van der Waals surface area contributed by atoms with Gasteiger partial charge in [0, 0.05) is 19.5 Å². The molecule has 0 bridgehead atoms. The van der Waals surface area contributed by atoms with Gasteiger partial charge >= 0.3 is 48.9 Å². The van der Waals surface area contributed by atoms with Crippen LogP contribution in [-0.4, -0.2) is 60.5 Å². The molecule has 4 heteroatoms. The number of carboxylic acid groups (broad SMARTS) is 1.